The molecule has 0 radical (unpaired) electrons. The molecule has 5 heterocycles. The lowest BCUT2D eigenvalue weighted by Crippen LogP contribution is -2.52. The summed E-state index contributed by atoms with van der Waals surface area (Å²) >= 11 is 0. The van der Waals surface area contributed by atoms with Crippen LogP contribution < -0.4 is 20.7 Å². The number of methoxy groups -OCH3 is 1. The average Bonchev–Trinajstić information content (AvgIpc) is 3.61. The molecule has 1 aliphatic carbocycles. The number of hydrogen-bond acceptors (Lipinski definition) is 7. The second-order valence-corrected chi connectivity index (χ2v) is 12.2. The number of hydrogen-bond donors (Lipinski definition) is 3. The van der Waals surface area contributed by atoms with Crippen molar-refractivity contribution in [3.8, 4) is 17.3 Å². The number of carbonyl (C=O) groups is 2. The molecule has 3 aliphatic rings. The minimum atomic E-state index is -1.10. The monoisotopic (exact) mass is 603 g/mol. The Kier molecular flexibility index (Phi) is 7.49. The highest BCUT2D eigenvalue weighted by atomic mass is 19.1. The van der Waals surface area contributed by atoms with Crippen molar-refractivity contribution in [2.24, 2.45) is 18.9 Å². The number of ether oxygens (including phenoxy) is 2. The van der Waals surface area contributed by atoms with Crippen molar-refractivity contribution >= 4 is 33.9 Å². The van der Waals surface area contributed by atoms with E-state index in [-0.39, 0.29) is 29.7 Å². The maximum absolute atomic E-state index is 14.4. The van der Waals surface area contributed by atoms with Crippen LogP contribution in [-0.4, -0.2) is 76.5 Å². The molecule has 2 aliphatic heterocycles. The van der Waals surface area contributed by atoms with Crippen molar-refractivity contribution in [1.82, 2.24) is 35.1 Å². The summed E-state index contributed by atoms with van der Waals surface area (Å²) in [7, 11) is 3.49. The smallest absolute Gasteiger partial charge is 0.251 e. The molecule has 1 saturated carbocycles. The fourth-order valence-corrected chi connectivity index (χ4v) is 6.55. The molecule has 3 aromatic heterocycles. The number of fused-ring (bicyclic) bond motifs is 3. The standard InChI is InChI=1S/C32H38FN7O4/c1-17-23-6-5-18-13-26(40(29(18)36-23)9-4-10-44-16-20-11-21(20)32(42)35-17)30-37-24-12-19(14-27(43-3)28(24)39(30)2)31(41)38-25-15-34-8-7-22(25)33/h5-6,12-14,17,20-22,25,34H,4,7-11,15-16H2,1-3H3,(H,35,42)(H,38,41)/t17-,20+,21-,22+,25+/m1/s1. The molecule has 232 valence electrons. The van der Waals surface area contributed by atoms with Crippen molar-refractivity contribution < 1.29 is 23.5 Å². The van der Waals surface area contributed by atoms with E-state index in [0.717, 1.165) is 40.8 Å². The van der Waals surface area contributed by atoms with E-state index in [0.29, 0.717) is 61.9 Å². The van der Waals surface area contributed by atoms with Crippen molar-refractivity contribution in [3.63, 3.8) is 0 Å². The SMILES string of the molecule is COc1cc(C(=O)N[C@H]2CNCC[C@@H]2F)cc2nc(-c3cc4ccc5nc4n3CCCOC[C@@H]3C[C@H]3C(=O)N[C@@H]5C)n(C)c12. The fourth-order valence-electron chi connectivity index (χ4n) is 6.55. The van der Waals surface area contributed by atoms with E-state index in [9.17, 15) is 14.0 Å². The topological polar surface area (TPSA) is 124 Å². The molecule has 7 rings (SSSR count). The minimum Gasteiger partial charge on any atom is -0.494 e. The summed E-state index contributed by atoms with van der Waals surface area (Å²) in [5, 5.41) is 10.1. The zero-order valence-corrected chi connectivity index (χ0v) is 25.2. The molecule has 44 heavy (non-hydrogen) atoms. The number of nitrogens with one attached hydrogen (secondary N) is 3. The van der Waals surface area contributed by atoms with Gasteiger partial charge in [-0.2, -0.15) is 0 Å². The number of rotatable bonds is 4. The van der Waals surface area contributed by atoms with Crippen LogP contribution >= 0.6 is 0 Å². The number of imidazole rings is 1. The molecule has 11 nitrogen and oxygen atoms in total. The molecule has 5 atom stereocenters. The lowest BCUT2D eigenvalue weighted by molar-refractivity contribution is -0.123. The van der Waals surface area contributed by atoms with E-state index in [4.69, 9.17) is 19.4 Å². The maximum Gasteiger partial charge on any atom is 0.251 e. The molecule has 0 spiro atoms. The first-order chi connectivity index (χ1) is 21.3. The molecule has 2 fully saturated rings. The van der Waals surface area contributed by atoms with Gasteiger partial charge in [0.1, 0.15) is 23.1 Å². The Morgan fingerprint density at radius 2 is 2.09 bits per heavy atom. The van der Waals surface area contributed by atoms with Crippen LogP contribution in [0, 0.1) is 11.8 Å². The van der Waals surface area contributed by atoms with E-state index >= 15 is 0 Å². The Balaban J connectivity index is 1.27. The Labute approximate surface area is 254 Å². The lowest BCUT2D eigenvalue weighted by atomic mass is 10.0. The first-order valence-corrected chi connectivity index (χ1v) is 15.4. The summed E-state index contributed by atoms with van der Waals surface area (Å²) < 4.78 is 30.3. The second-order valence-electron chi connectivity index (χ2n) is 12.2. The number of benzene rings is 1. The van der Waals surface area contributed by atoms with Crippen LogP contribution in [0.3, 0.4) is 0 Å². The van der Waals surface area contributed by atoms with Gasteiger partial charge < -0.3 is 34.6 Å². The predicted octanol–water partition coefficient (Wildman–Crippen LogP) is 3.26. The number of carbonyl (C=O) groups excluding carboxylic acids is 2. The molecule has 1 aromatic carbocycles. The summed E-state index contributed by atoms with van der Waals surface area (Å²) in [5.41, 5.74) is 4.17. The number of aryl methyl sites for hydroxylation is 2. The van der Waals surface area contributed by atoms with Gasteiger partial charge in [-0.25, -0.2) is 14.4 Å². The third-order valence-electron chi connectivity index (χ3n) is 9.19. The van der Waals surface area contributed by atoms with Crippen molar-refractivity contribution in [1.29, 1.82) is 0 Å². The van der Waals surface area contributed by atoms with Crippen LogP contribution in [-0.2, 0) is 23.1 Å². The zero-order valence-electron chi connectivity index (χ0n) is 25.2. The van der Waals surface area contributed by atoms with E-state index < -0.39 is 12.2 Å². The average molecular weight is 604 g/mol. The second kappa shape index (κ2) is 11.5. The molecule has 0 unspecified atom stereocenters. The first-order valence-electron chi connectivity index (χ1n) is 15.4. The number of aromatic nitrogens is 4. The molecule has 12 heteroatoms. The quantitative estimate of drug-likeness (QED) is 0.327. The normalized spacial score (nSPS) is 25.8. The lowest BCUT2D eigenvalue weighted by Gasteiger charge is -2.27. The molecule has 3 N–H and O–H groups in total. The number of pyridine rings is 1. The van der Waals surface area contributed by atoms with Crippen LogP contribution in [0.2, 0.25) is 0 Å². The van der Waals surface area contributed by atoms with Crippen molar-refractivity contribution in [2.75, 3.05) is 33.4 Å². The minimum absolute atomic E-state index is 0.0191. The van der Waals surface area contributed by atoms with E-state index in [1.54, 1.807) is 19.2 Å². The number of nitrogens with zero attached hydrogens (tertiary/aromatic N) is 4. The van der Waals surface area contributed by atoms with Gasteiger partial charge in [0.2, 0.25) is 5.91 Å². The van der Waals surface area contributed by atoms with Gasteiger partial charge in [-0.1, -0.05) is 0 Å². The predicted molar refractivity (Wildman–Crippen MR) is 163 cm³/mol. The first kappa shape index (κ1) is 28.7. The van der Waals surface area contributed by atoms with E-state index in [2.05, 4.69) is 26.6 Å². The van der Waals surface area contributed by atoms with Crippen LogP contribution in [0.4, 0.5) is 4.39 Å². The van der Waals surface area contributed by atoms with Gasteiger partial charge in [-0.3, -0.25) is 9.59 Å². The molecule has 2 bridgehead atoms. The Morgan fingerprint density at radius 3 is 2.91 bits per heavy atom. The number of alkyl halides is 1. The van der Waals surface area contributed by atoms with Crippen LogP contribution in [0.15, 0.2) is 30.3 Å². The number of piperidine rings is 1. The highest BCUT2D eigenvalue weighted by molar-refractivity contribution is 6.00. The third kappa shape index (κ3) is 5.19. The highest BCUT2D eigenvalue weighted by Gasteiger charge is 2.43. The van der Waals surface area contributed by atoms with Crippen molar-refractivity contribution in [2.45, 2.75) is 51.0 Å². The molecule has 2 amide bonds. The van der Waals surface area contributed by atoms with E-state index in [1.165, 1.54) is 0 Å². The van der Waals surface area contributed by atoms with Gasteiger partial charge in [0.25, 0.3) is 5.91 Å². The van der Waals surface area contributed by atoms with Gasteiger partial charge in [-0.05, 0) is 69.0 Å². The van der Waals surface area contributed by atoms with Crippen molar-refractivity contribution in [3.05, 3.63) is 41.6 Å². The van der Waals surface area contributed by atoms with Crippen LogP contribution in [0.1, 0.15) is 48.3 Å². The summed E-state index contributed by atoms with van der Waals surface area (Å²) in [5.74, 6) is 1.18. The van der Waals surface area contributed by atoms with Gasteiger partial charge in [-0.15, -0.1) is 0 Å². The van der Waals surface area contributed by atoms with Gasteiger partial charge in [0.05, 0.1) is 42.7 Å². The molecular weight excluding hydrogens is 565 g/mol. The molecular formula is C32H38FN7O4. The summed E-state index contributed by atoms with van der Waals surface area (Å²) in [6, 6.07) is 8.65. The number of halogens is 1. The highest BCUT2D eigenvalue weighted by Crippen LogP contribution is 2.40. The van der Waals surface area contributed by atoms with Crippen LogP contribution in [0.5, 0.6) is 5.75 Å². The van der Waals surface area contributed by atoms with E-state index in [1.807, 2.05) is 30.7 Å². The molecule has 4 aromatic rings. The van der Waals surface area contributed by atoms with Gasteiger partial charge in [0, 0.05) is 43.6 Å². The molecule has 1 saturated heterocycles. The fraction of sp³-hybridized carbons (Fsp3) is 0.500. The number of amides is 2. The van der Waals surface area contributed by atoms with Gasteiger partial charge in [0.15, 0.2) is 5.82 Å². The van der Waals surface area contributed by atoms with Crippen LogP contribution in [0.25, 0.3) is 33.6 Å². The largest absolute Gasteiger partial charge is 0.494 e. The summed E-state index contributed by atoms with van der Waals surface area (Å²) in [6.45, 7) is 4.78. The summed E-state index contributed by atoms with van der Waals surface area (Å²) in [4.78, 5) is 36.0. The maximum atomic E-state index is 14.4. The Bertz CT molecular complexity index is 1750. The Morgan fingerprint density at radius 1 is 1.23 bits per heavy atom. The summed E-state index contributed by atoms with van der Waals surface area (Å²) in [6.07, 6.45) is 0.900. The zero-order chi connectivity index (χ0) is 30.5. The third-order valence-corrected chi connectivity index (χ3v) is 9.19. The van der Waals surface area contributed by atoms with Gasteiger partial charge >= 0.3 is 0 Å². The Hall–Kier alpha value is -4.03.